The first-order valence-corrected chi connectivity index (χ1v) is 9.82. The number of carbonyl (C=O) groups excluding carboxylic acids is 1. The van der Waals surface area contributed by atoms with Crippen molar-refractivity contribution < 1.29 is 28.3 Å². The first-order chi connectivity index (χ1) is 13.9. The zero-order chi connectivity index (χ0) is 21.0. The lowest BCUT2D eigenvalue weighted by Gasteiger charge is -2.39. The first kappa shape index (κ1) is 21.2. The summed E-state index contributed by atoms with van der Waals surface area (Å²) >= 11 is 7.33. The van der Waals surface area contributed by atoms with E-state index in [4.69, 9.17) is 26.0 Å². The fourth-order valence-corrected chi connectivity index (χ4v) is 4.33. The maximum absolute atomic E-state index is 14.7. The molecule has 1 aliphatic heterocycles. The lowest BCUT2D eigenvalue weighted by atomic mass is 10.1. The number of carbonyl (C=O) groups is 2. The van der Waals surface area contributed by atoms with E-state index in [1.807, 2.05) is 0 Å². The molecule has 1 amide bonds. The molecule has 0 fully saturated rings. The summed E-state index contributed by atoms with van der Waals surface area (Å²) in [6, 6.07) is 5.76. The monoisotopic (exact) mass is 441 g/mol. The fourth-order valence-electron chi connectivity index (χ4n) is 2.89. The molecule has 2 N–H and O–H groups in total. The van der Waals surface area contributed by atoms with Crippen LogP contribution in [0.2, 0.25) is 5.02 Å². The number of thioether (sulfide) groups is 1. The molecule has 0 aliphatic carbocycles. The molecule has 0 saturated heterocycles. The molecular weight excluding hydrogens is 425 g/mol. The van der Waals surface area contributed by atoms with Crippen molar-refractivity contribution in [3.8, 4) is 0 Å². The summed E-state index contributed by atoms with van der Waals surface area (Å²) in [5, 5.41) is 17.0. The Morgan fingerprint density at radius 3 is 2.86 bits per heavy atom. The van der Waals surface area contributed by atoms with Crippen LogP contribution in [0.4, 0.5) is 10.3 Å². The Hall–Kier alpha value is -2.56. The van der Waals surface area contributed by atoms with Crippen LogP contribution in [0.5, 0.6) is 0 Å². The van der Waals surface area contributed by atoms with E-state index in [2.05, 4.69) is 10.5 Å². The highest BCUT2D eigenvalue weighted by atomic mass is 35.5. The zero-order valence-electron chi connectivity index (χ0n) is 15.2. The highest BCUT2D eigenvalue weighted by Gasteiger charge is 2.48. The predicted molar refractivity (Wildman–Crippen MR) is 106 cm³/mol. The number of carboxylic acid groups (broad SMARTS) is 1. The van der Waals surface area contributed by atoms with Crippen molar-refractivity contribution in [2.45, 2.75) is 18.3 Å². The fraction of sp³-hybridized carbons (Fsp3) is 0.278. The summed E-state index contributed by atoms with van der Waals surface area (Å²) in [6.07, 6.45) is 1.54. The maximum Gasteiger partial charge on any atom is 0.394 e. The third-order valence-corrected chi connectivity index (χ3v) is 5.66. The molecule has 1 unspecified atom stereocenters. The summed E-state index contributed by atoms with van der Waals surface area (Å²) in [4.78, 5) is 23.4. The van der Waals surface area contributed by atoms with E-state index >= 15 is 0 Å². The van der Waals surface area contributed by atoms with Crippen molar-refractivity contribution in [3.63, 3.8) is 0 Å². The number of amides is 1. The molecule has 29 heavy (non-hydrogen) atoms. The molecule has 3 rings (SSSR count). The SMILES string of the molecule is CCOCCC1(NC(=O)C(=O)O)SC=C(c2c(F)cccc2Cl)N1c1ccno1. The Labute approximate surface area is 174 Å². The highest BCUT2D eigenvalue weighted by Crippen LogP contribution is 2.49. The largest absolute Gasteiger partial charge is 0.474 e. The Balaban J connectivity index is 2.10. The van der Waals surface area contributed by atoms with Gasteiger partial charge in [-0.05, 0) is 24.5 Å². The maximum atomic E-state index is 14.7. The van der Waals surface area contributed by atoms with Gasteiger partial charge in [0.05, 0.1) is 29.1 Å². The topological polar surface area (TPSA) is 105 Å². The normalized spacial score (nSPS) is 18.6. The molecule has 2 heterocycles. The third-order valence-electron chi connectivity index (χ3n) is 4.12. The van der Waals surface area contributed by atoms with Crippen LogP contribution in [0.15, 0.2) is 40.4 Å². The van der Waals surface area contributed by atoms with Gasteiger partial charge in [-0.1, -0.05) is 34.6 Å². The molecule has 1 aromatic carbocycles. The Bertz CT molecular complexity index is 919. The number of benzene rings is 1. The minimum Gasteiger partial charge on any atom is -0.474 e. The lowest BCUT2D eigenvalue weighted by molar-refractivity contribution is -0.150. The summed E-state index contributed by atoms with van der Waals surface area (Å²) in [5.41, 5.74) is 0.373. The van der Waals surface area contributed by atoms with Crippen LogP contribution in [-0.4, -0.2) is 40.3 Å². The van der Waals surface area contributed by atoms with Crippen LogP contribution < -0.4 is 10.2 Å². The number of anilines is 1. The van der Waals surface area contributed by atoms with Crippen LogP contribution in [0.3, 0.4) is 0 Å². The van der Waals surface area contributed by atoms with Gasteiger partial charge in [0.2, 0.25) is 5.88 Å². The smallest absolute Gasteiger partial charge is 0.394 e. The second-order valence-corrected chi connectivity index (χ2v) is 7.45. The number of nitrogens with zero attached hydrogens (tertiary/aromatic N) is 2. The molecule has 8 nitrogen and oxygen atoms in total. The average Bonchev–Trinajstić information content (AvgIpc) is 3.30. The van der Waals surface area contributed by atoms with E-state index in [1.165, 1.54) is 35.4 Å². The minimum absolute atomic E-state index is 0.0842. The van der Waals surface area contributed by atoms with Crippen LogP contribution >= 0.6 is 23.4 Å². The van der Waals surface area contributed by atoms with E-state index < -0.39 is 22.7 Å². The Morgan fingerprint density at radius 2 is 2.24 bits per heavy atom. The highest BCUT2D eigenvalue weighted by molar-refractivity contribution is 8.04. The van der Waals surface area contributed by atoms with E-state index in [9.17, 15) is 14.0 Å². The van der Waals surface area contributed by atoms with Gasteiger partial charge in [-0.2, -0.15) is 0 Å². The average molecular weight is 442 g/mol. The van der Waals surface area contributed by atoms with Crippen LogP contribution in [-0.2, 0) is 14.3 Å². The summed E-state index contributed by atoms with van der Waals surface area (Å²) in [7, 11) is 0. The van der Waals surface area contributed by atoms with Crippen molar-refractivity contribution >= 4 is 46.8 Å². The number of nitrogens with one attached hydrogen (secondary N) is 1. The van der Waals surface area contributed by atoms with Crippen LogP contribution in [0.1, 0.15) is 18.9 Å². The number of aromatic nitrogens is 1. The summed E-state index contributed by atoms with van der Waals surface area (Å²) in [6.45, 7) is 2.43. The number of rotatable bonds is 7. The number of hydrogen-bond acceptors (Lipinski definition) is 7. The lowest BCUT2D eigenvalue weighted by Crippen LogP contribution is -2.58. The quantitative estimate of drug-likeness (QED) is 0.498. The van der Waals surface area contributed by atoms with Crippen molar-refractivity contribution in [1.29, 1.82) is 0 Å². The second-order valence-electron chi connectivity index (χ2n) is 5.89. The predicted octanol–water partition coefficient (Wildman–Crippen LogP) is 3.30. The van der Waals surface area contributed by atoms with Crippen molar-refractivity contribution in [1.82, 2.24) is 10.5 Å². The van der Waals surface area contributed by atoms with E-state index in [-0.39, 0.29) is 35.2 Å². The molecular formula is C18H17ClFN3O5S. The van der Waals surface area contributed by atoms with Crippen molar-refractivity contribution in [2.24, 2.45) is 0 Å². The van der Waals surface area contributed by atoms with Gasteiger partial charge in [0.25, 0.3) is 0 Å². The number of hydrogen-bond donors (Lipinski definition) is 2. The summed E-state index contributed by atoms with van der Waals surface area (Å²) in [5.74, 6) is -3.30. The molecule has 0 radical (unpaired) electrons. The minimum atomic E-state index is -1.66. The zero-order valence-corrected chi connectivity index (χ0v) is 16.8. The van der Waals surface area contributed by atoms with Gasteiger partial charge in [-0.15, -0.1) is 0 Å². The molecule has 0 spiro atoms. The van der Waals surface area contributed by atoms with Gasteiger partial charge < -0.3 is 19.7 Å². The first-order valence-electron chi connectivity index (χ1n) is 8.56. The Kier molecular flexibility index (Phi) is 6.46. The third kappa shape index (κ3) is 4.24. The van der Waals surface area contributed by atoms with E-state index in [1.54, 1.807) is 12.3 Å². The van der Waals surface area contributed by atoms with Gasteiger partial charge in [-0.25, -0.2) is 9.18 Å². The number of carboxylic acids is 1. The van der Waals surface area contributed by atoms with Gasteiger partial charge in [0.1, 0.15) is 5.82 Å². The van der Waals surface area contributed by atoms with E-state index in [0.29, 0.717) is 6.61 Å². The molecule has 0 saturated carbocycles. The standard InChI is InChI=1S/C18H17ClFN3O5S/c1-2-27-9-7-18(22-16(24)17(25)26)23(14-6-8-21-28-14)13(10-29-18)15-11(19)4-3-5-12(15)20/h3-6,8,10H,2,7,9H2,1H3,(H,22,24)(H,25,26). The van der Waals surface area contributed by atoms with Crippen LogP contribution in [0, 0.1) is 5.82 Å². The number of halogens is 2. The molecule has 2 aromatic rings. The van der Waals surface area contributed by atoms with Crippen LogP contribution in [0.25, 0.3) is 5.70 Å². The van der Waals surface area contributed by atoms with Gasteiger partial charge in [0.15, 0.2) is 4.99 Å². The van der Waals surface area contributed by atoms with Gasteiger partial charge >= 0.3 is 11.9 Å². The summed E-state index contributed by atoms with van der Waals surface area (Å²) < 4.78 is 25.3. The molecule has 1 aromatic heterocycles. The molecule has 1 aliphatic rings. The van der Waals surface area contributed by atoms with Gasteiger partial charge in [0, 0.05) is 19.1 Å². The van der Waals surface area contributed by atoms with E-state index in [0.717, 1.165) is 11.8 Å². The van der Waals surface area contributed by atoms with Crippen molar-refractivity contribution in [2.75, 3.05) is 18.1 Å². The van der Waals surface area contributed by atoms with Gasteiger partial charge in [-0.3, -0.25) is 9.69 Å². The number of ether oxygens (including phenoxy) is 1. The Morgan fingerprint density at radius 1 is 1.45 bits per heavy atom. The molecule has 11 heteroatoms. The number of aliphatic carboxylic acids is 1. The molecule has 1 atom stereocenters. The molecule has 0 bridgehead atoms. The van der Waals surface area contributed by atoms with Crippen molar-refractivity contribution in [3.05, 3.63) is 52.3 Å². The second kappa shape index (κ2) is 8.85. The molecule has 154 valence electrons.